The lowest BCUT2D eigenvalue weighted by Crippen LogP contribution is -2.54. The number of carbonyl (C=O) groups excluding carboxylic acids is 1. The number of halogens is 3. The second-order valence-corrected chi connectivity index (χ2v) is 10.6. The molecule has 4 heterocycles. The van der Waals surface area contributed by atoms with Crippen molar-refractivity contribution in [3.63, 3.8) is 0 Å². The molecule has 0 aliphatic carbocycles. The fraction of sp³-hybridized carbons (Fsp3) is 0.414. The molecule has 2 aliphatic rings. The largest absolute Gasteiger partial charge is 0.445 e. The van der Waals surface area contributed by atoms with Gasteiger partial charge in [0.15, 0.2) is 0 Å². The summed E-state index contributed by atoms with van der Waals surface area (Å²) in [5, 5.41) is 12.7. The van der Waals surface area contributed by atoms with Crippen LogP contribution in [0.2, 0.25) is 0 Å². The second kappa shape index (κ2) is 10.8. The van der Waals surface area contributed by atoms with Gasteiger partial charge in [0.1, 0.15) is 12.2 Å². The van der Waals surface area contributed by atoms with Crippen molar-refractivity contribution in [2.45, 2.75) is 37.1 Å². The van der Waals surface area contributed by atoms with E-state index in [1.54, 1.807) is 6.20 Å². The lowest BCUT2D eigenvalue weighted by Gasteiger charge is -2.43. The molecule has 8 nitrogen and oxygen atoms in total. The number of aromatic nitrogens is 2. The molecular weight excluding hydrogens is 521 g/mol. The minimum atomic E-state index is -4.53. The van der Waals surface area contributed by atoms with Crippen LogP contribution in [0.5, 0.6) is 0 Å². The van der Waals surface area contributed by atoms with E-state index in [9.17, 15) is 23.2 Å². The second-order valence-electron chi connectivity index (χ2n) is 10.6. The van der Waals surface area contributed by atoms with E-state index in [4.69, 9.17) is 4.74 Å². The van der Waals surface area contributed by atoms with E-state index >= 15 is 0 Å². The van der Waals surface area contributed by atoms with Crippen molar-refractivity contribution in [1.29, 1.82) is 5.26 Å². The quantitative estimate of drug-likeness (QED) is 0.485. The number of likely N-dealkylation sites (N-methyl/N-ethyl adjacent to an activating group) is 1. The van der Waals surface area contributed by atoms with Crippen LogP contribution >= 0.6 is 0 Å². The summed E-state index contributed by atoms with van der Waals surface area (Å²) >= 11 is 0. The molecule has 3 aromatic rings. The van der Waals surface area contributed by atoms with Crippen LogP contribution in [0.4, 0.5) is 23.7 Å². The van der Waals surface area contributed by atoms with E-state index in [1.165, 1.54) is 6.07 Å². The van der Waals surface area contributed by atoms with Gasteiger partial charge in [0.05, 0.1) is 33.7 Å². The smallest absolute Gasteiger partial charge is 0.416 e. The highest BCUT2D eigenvalue weighted by atomic mass is 19.4. The first-order valence-corrected chi connectivity index (χ1v) is 13.2. The summed E-state index contributed by atoms with van der Waals surface area (Å²) in [4.78, 5) is 21.8. The highest BCUT2D eigenvalue weighted by Gasteiger charge is 2.40. The monoisotopic (exact) mass is 552 g/mol. The van der Waals surface area contributed by atoms with Crippen LogP contribution in [0.25, 0.3) is 11.4 Å². The molecule has 210 valence electrons. The van der Waals surface area contributed by atoms with Crippen molar-refractivity contribution in [2.24, 2.45) is 7.05 Å². The van der Waals surface area contributed by atoms with Crippen LogP contribution in [0.3, 0.4) is 0 Å². The number of carbonyl (C=O) groups is 1. The van der Waals surface area contributed by atoms with Gasteiger partial charge in [0, 0.05) is 45.6 Å². The molecule has 0 bridgehead atoms. The molecule has 1 unspecified atom stereocenters. The van der Waals surface area contributed by atoms with Crippen LogP contribution in [-0.4, -0.2) is 59.9 Å². The number of alkyl halides is 3. The Balaban J connectivity index is 1.39. The molecule has 2 saturated heterocycles. The molecule has 1 aromatic carbocycles. The molecule has 1 N–H and O–H groups in total. The summed E-state index contributed by atoms with van der Waals surface area (Å²) in [6.07, 6.45) is 0.142. The van der Waals surface area contributed by atoms with Crippen LogP contribution < -0.4 is 10.2 Å². The molecule has 0 radical (unpaired) electrons. The molecule has 40 heavy (non-hydrogen) atoms. The summed E-state index contributed by atoms with van der Waals surface area (Å²) in [6.45, 7) is 2.35. The Labute approximate surface area is 231 Å². The number of benzene rings is 1. The number of likely N-dealkylation sites (tertiary alicyclic amines) is 1. The van der Waals surface area contributed by atoms with Gasteiger partial charge in [-0.15, -0.1) is 0 Å². The van der Waals surface area contributed by atoms with E-state index in [0.717, 1.165) is 42.0 Å². The maximum absolute atomic E-state index is 13.2. The van der Waals surface area contributed by atoms with E-state index < -0.39 is 23.4 Å². The minimum absolute atomic E-state index is 0.0337. The number of nitriles is 1. The van der Waals surface area contributed by atoms with Gasteiger partial charge in [0.25, 0.3) is 0 Å². The van der Waals surface area contributed by atoms with Crippen molar-refractivity contribution in [3.05, 3.63) is 71.5 Å². The standard InChI is InChI=1S/C29H31F3N6O2/c1-36-13-9-23(19-36)40-27(39)35-28(22-5-7-24(34-18-22)26-4-3-12-37(26)2)10-14-38(15-11-28)25-8-6-21(29(30,31)32)16-20(25)17-33/h3-8,12,16,18,23H,9-11,13-15,19H2,1-2H3,(H,35,39). The number of alkyl carbamates (subject to hydrolysis) is 1. The lowest BCUT2D eigenvalue weighted by molar-refractivity contribution is -0.137. The van der Waals surface area contributed by atoms with Crippen LogP contribution in [0, 0.1) is 11.3 Å². The van der Waals surface area contributed by atoms with Gasteiger partial charge in [-0.1, -0.05) is 6.07 Å². The van der Waals surface area contributed by atoms with Crippen molar-refractivity contribution >= 4 is 11.8 Å². The number of nitrogens with one attached hydrogen (secondary N) is 1. The van der Waals surface area contributed by atoms with Crippen LogP contribution in [0.15, 0.2) is 54.9 Å². The highest BCUT2D eigenvalue weighted by molar-refractivity contribution is 5.69. The number of rotatable bonds is 5. The Morgan fingerprint density at radius 1 is 1.15 bits per heavy atom. The SMILES string of the molecule is CN1CCC(OC(=O)NC2(c3ccc(-c4cccn4C)nc3)CCN(c3ccc(C(F)(F)F)cc3C#N)CC2)C1. The molecule has 2 aliphatic heterocycles. The topological polar surface area (TPSA) is 86.4 Å². The normalized spacial score (nSPS) is 19.3. The molecule has 2 aromatic heterocycles. The number of aryl methyl sites for hydroxylation is 1. The fourth-order valence-corrected chi connectivity index (χ4v) is 5.62. The Hall–Kier alpha value is -4.04. The highest BCUT2D eigenvalue weighted by Crippen LogP contribution is 2.38. The van der Waals surface area contributed by atoms with E-state index in [2.05, 4.69) is 15.2 Å². The molecule has 1 atom stereocenters. The average molecular weight is 553 g/mol. The van der Waals surface area contributed by atoms with Gasteiger partial charge < -0.3 is 24.4 Å². The fourth-order valence-electron chi connectivity index (χ4n) is 5.62. The molecule has 5 rings (SSSR count). The number of pyridine rings is 1. The molecule has 1 amide bonds. The van der Waals surface area contributed by atoms with Crippen molar-refractivity contribution in [2.75, 3.05) is 38.1 Å². The van der Waals surface area contributed by atoms with Gasteiger partial charge in [0.2, 0.25) is 0 Å². The van der Waals surface area contributed by atoms with Crippen molar-refractivity contribution < 1.29 is 22.7 Å². The zero-order valence-electron chi connectivity index (χ0n) is 22.4. The summed E-state index contributed by atoms with van der Waals surface area (Å²) in [6, 6.07) is 12.9. The van der Waals surface area contributed by atoms with E-state index in [0.29, 0.717) is 38.2 Å². The van der Waals surface area contributed by atoms with Crippen LogP contribution in [0.1, 0.15) is 36.0 Å². The Kier molecular flexibility index (Phi) is 7.47. The lowest BCUT2D eigenvalue weighted by atomic mass is 9.81. The van der Waals surface area contributed by atoms with Gasteiger partial charge in [-0.25, -0.2) is 4.79 Å². The molecule has 11 heteroatoms. The first-order valence-electron chi connectivity index (χ1n) is 13.2. The molecular formula is C29H31F3N6O2. The molecule has 2 fully saturated rings. The number of piperidine rings is 1. The predicted octanol–water partition coefficient (Wildman–Crippen LogP) is 4.90. The Morgan fingerprint density at radius 2 is 1.93 bits per heavy atom. The Bertz CT molecular complexity index is 1400. The first-order chi connectivity index (χ1) is 19.1. The third kappa shape index (κ3) is 5.63. The van der Waals surface area contributed by atoms with Gasteiger partial charge in [-0.2, -0.15) is 18.4 Å². The number of hydrogen-bond acceptors (Lipinski definition) is 6. The van der Waals surface area contributed by atoms with Gasteiger partial charge in [-0.3, -0.25) is 4.98 Å². The van der Waals surface area contributed by atoms with Gasteiger partial charge in [-0.05, 0) is 68.3 Å². The zero-order valence-corrected chi connectivity index (χ0v) is 22.4. The van der Waals surface area contributed by atoms with Crippen molar-refractivity contribution in [1.82, 2.24) is 19.8 Å². The number of amides is 1. The minimum Gasteiger partial charge on any atom is -0.445 e. The predicted molar refractivity (Wildman–Crippen MR) is 143 cm³/mol. The third-order valence-corrected chi connectivity index (χ3v) is 7.89. The summed E-state index contributed by atoms with van der Waals surface area (Å²) in [7, 11) is 3.92. The van der Waals surface area contributed by atoms with E-state index in [-0.39, 0.29) is 11.7 Å². The number of ether oxygens (including phenoxy) is 1. The molecule has 0 saturated carbocycles. The first kappa shape index (κ1) is 27.5. The maximum Gasteiger partial charge on any atom is 0.416 e. The summed E-state index contributed by atoms with van der Waals surface area (Å²) in [5.41, 5.74) is 1.33. The molecule has 0 spiro atoms. The number of anilines is 1. The average Bonchev–Trinajstić information content (AvgIpc) is 3.55. The summed E-state index contributed by atoms with van der Waals surface area (Å²) < 4.78 is 47.4. The Morgan fingerprint density at radius 3 is 2.50 bits per heavy atom. The number of nitrogens with zero attached hydrogens (tertiary/aromatic N) is 5. The summed E-state index contributed by atoms with van der Waals surface area (Å²) in [5.74, 6) is 0. The van der Waals surface area contributed by atoms with Crippen molar-refractivity contribution in [3.8, 4) is 17.5 Å². The van der Waals surface area contributed by atoms with E-state index in [1.807, 2.05) is 60.1 Å². The zero-order chi connectivity index (χ0) is 28.5. The third-order valence-electron chi connectivity index (χ3n) is 7.89. The maximum atomic E-state index is 13.2. The number of hydrogen-bond donors (Lipinski definition) is 1. The van der Waals surface area contributed by atoms with Gasteiger partial charge >= 0.3 is 12.3 Å². The van der Waals surface area contributed by atoms with Crippen LogP contribution in [-0.2, 0) is 23.5 Å².